The van der Waals surface area contributed by atoms with E-state index in [9.17, 15) is 4.79 Å². The predicted molar refractivity (Wildman–Crippen MR) is 115 cm³/mol. The third-order valence-electron chi connectivity index (χ3n) is 4.47. The Bertz CT molecular complexity index is 1030. The number of benzene rings is 3. The molecule has 0 aliphatic carbocycles. The summed E-state index contributed by atoms with van der Waals surface area (Å²) in [7, 11) is 3.21. The molecule has 29 heavy (non-hydrogen) atoms. The van der Waals surface area contributed by atoms with E-state index in [0.29, 0.717) is 17.7 Å². The van der Waals surface area contributed by atoms with E-state index in [1.165, 1.54) is 7.11 Å². The van der Waals surface area contributed by atoms with Crippen molar-refractivity contribution in [2.75, 3.05) is 19.5 Å². The number of hydrogen-bond acceptors (Lipinski definition) is 5. The molecule has 0 saturated heterocycles. The number of carbonyl (C=O) groups excluding carboxylic acids is 1. The molecule has 0 bridgehead atoms. The first-order chi connectivity index (χ1) is 14.0. The van der Waals surface area contributed by atoms with Crippen molar-refractivity contribution >= 4 is 17.5 Å². The van der Waals surface area contributed by atoms with E-state index in [1.54, 1.807) is 18.2 Å². The topological polar surface area (TPSA) is 97.4 Å². The van der Waals surface area contributed by atoms with Crippen LogP contribution in [0.15, 0.2) is 66.7 Å². The molecule has 0 unspecified atom stereocenters. The Kier molecular flexibility index (Phi) is 6.14. The summed E-state index contributed by atoms with van der Waals surface area (Å²) in [5.41, 5.74) is 10.2. The van der Waals surface area contributed by atoms with Gasteiger partial charge in [0.1, 0.15) is 18.2 Å². The summed E-state index contributed by atoms with van der Waals surface area (Å²) in [5, 5.41) is 10.7. The van der Waals surface area contributed by atoms with Crippen molar-refractivity contribution in [1.29, 1.82) is 5.41 Å². The maximum atomic E-state index is 12.1. The second-order valence-electron chi connectivity index (χ2n) is 6.47. The van der Waals surface area contributed by atoms with Crippen LogP contribution in [0.4, 0.5) is 5.69 Å². The van der Waals surface area contributed by atoms with Crippen LogP contribution in [0.1, 0.15) is 21.5 Å². The van der Waals surface area contributed by atoms with Gasteiger partial charge < -0.3 is 20.5 Å². The molecule has 6 nitrogen and oxygen atoms in total. The molecule has 4 N–H and O–H groups in total. The summed E-state index contributed by atoms with van der Waals surface area (Å²) in [6, 6.07) is 20.4. The van der Waals surface area contributed by atoms with Gasteiger partial charge in [0.05, 0.1) is 12.7 Å². The van der Waals surface area contributed by atoms with Crippen LogP contribution in [-0.2, 0) is 11.3 Å². The maximum absolute atomic E-state index is 12.1. The molecule has 3 rings (SSSR count). The van der Waals surface area contributed by atoms with Crippen LogP contribution in [0.25, 0.3) is 11.1 Å². The average Bonchev–Trinajstić information content (AvgIpc) is 2.77. The van der Waals surface area contributed by atoms with Crippen molar-refractivity contribution in [3.05, 3.63) is 83.4 Å². The lowest BCUT2D eigenvalue weighted by atomic mass is 9.98. The molecule has 0 radical (unpaired) electrons. The quantitative estimate of drug-likeness (QED) is 0.322. The lowest BCUT2D eigenvalue weighted by Gasteiger charge is -2.12. The van der Waals surface area contributed by atoms with E-state index in [-0.39, 0.29) is 5.84 Å². The minimum absolute atomic E-state index is 0.00968. The van der Waals surface area contributed by atoms with Gasteiger partial charge in [0.2, 0.25) is 0 Å². The summed E-state index contributed by atoms with van der Waals surface area (Å²) in [6.45, 7) is 0.295. The van der Waals surface area contributed by atoms with Crippen LogP contribution in [0.3, 0.4) is 0 Å². The molecule has 0 atom stereocenters. The van der Waals surface area contributed by atoms with Crippen molar-refractivity contribution < 1.29 is 14.3 Å². The molecule has 0 aromatic heterocycles. The van der Waals surface area contributed by atoms with Gasteiger partial charge in [-0.1, -0.05) is 18.2 Å². The zero-order chi connectivity index (χ0) is 20.8. The van der Waals surface area contributed by atoms with E-state index in [1.807, 2.05) is 55.6 Å². The van der Waals surface area contributed by atoms with Crippen molar-refractivity contribution in [2.45, 2.75) is 6.61 Å². The number of nitrogens with one attached hydrogen (secondary N) is 2. The highest BCUT2D eigenvalue weighted by Crippen LogP contribution is 2.25. The molecular weight excluding hydrogens is 366 g/mol. The van der Waals surface area contributed by atoms with Gasteiger partial charge >= 0.3 is 5.97 Å². The van der Waals surface area contributed by atoms with Crippen LogP contribution in [-0.4, -0.2) is 26.0 Å². The van der Waals surface area contributed by atoms with E-state index in [4.69, 9.17) is 20.6 Å². The number of nitrogen functional groups attached to an aromatic ring is 1. The van der Waals surface area contributed by atoms with E-state index >= 15 is 0 Å². The SMILES string of the molecule is CNc1ccc(OCc2cc(C(=O)OC)cc(-c3cccc(C(=N)N)c3)c2)cc1. The molecule has 0 amide bonds. The van der Waals surface area contributed by atoms with Gasteiger partial charge in [-0.25, -0.2) is 4.79 Å². The van der Waals surface area contributed by atoms with Crippen molar-refractivity contribution in [3.8, 4) is 16.9 Å². The Morgan fingerprint density at radius 3 is 2.38 bits per heavy atom. The predicted octanol–water partition coefficient (Wildman–Crippen LogP) is 4.04. The number of nitrogens with two attached hydrogens (primary N) is 1. The lowest BCUT2D eigenvalue weighted by molar-refractivity contribution is 0.0600. The molecule has 0 aliphatic heterocycles. The Morgan fingerprint density at radius 2 is 1.72 bits per heavy atom. The third kappa shape index (κ3) is 4.93. The van der Waals surface area contributed by atoms with Gasteiger partial charge in [0.15, 0.2) is 0 Å². The first-order valence-electron chi connectivity index (χ1n) is 9.08. The summed E-state index contributed by atoms with van der Waals surface area (Å²) in [4.78, 5) is 12.1. The highest BCUT2D eigenvalue weighted by molar-refractivity contribution is 5.96. The van der Waals surface area contributed by atoms with E-state index in [0.717, 1.165) is 28.1 Å². The minimum Gasteiger partial charge on any atom is -0.489 e. The normalized spacial score (nSPS) is 10.3. The average molecular weight is 389 g/mol. The van der Waals surface area contributed by atoms with Crippen LogP contribution < -0.4 is 15.8 Å². The van der Waals surface area contributed by atoms with Crippen molar-refractivity contribution in [2.24, 2.45) is 5.73 Å². The van der Waals surface area contributed by atoms with Gasteiger partial charge in [-0.2, -0.15) is 0 Å². The first-order valence-corrected chi connectivity index (χ1v) is 9.08. The number of amidine groups is 1. The number of hydrogen-bond donors (Lipinski definition) is 3. The fourth-order valence-corrected chi connectivity index (χ4v) is 2.93. The molecule has 3 aromatic carbocycles. The molecule has 0 aliphatic rings. The van der Waals surface area contributed by atoms with Crippen LogP contribution in [0.5, 0.6) is 5.75 Å². The zero-order valence-corrected chi connectivity index (χ0v) is 16.4. The van der Waals surface area contributed by atoms with Crippen LogP contribution in [0.2, 0.25) is 0 Å². The highest BCUT2D eigenvalue weighted by atomic mass is 16.5. The fraction of sp³-hybridized carbons (Fsp3) is 0.130. The Balaban J connectivity index is 1.92. The smallest absolute Gasteiger partial charge is 0.337 e. The van der Waals surface area contributed by atoms with Crippen LogP contribution >= 0.6 is 0 Å². The largest absolute Gasteiger partial charge is 0.489 e. The monoisotopic (exact) mass is 389 g/mol. The first kappa shape index (κ1) is 19.9. The molecule has 148 valence electrons. The molecule has 0 spiro atoms. The summed E-state index contributed by atoms with van der Waals surface area (Å²) in [6.07, 6.45) is 0. The van der Waals surface area contributed by atoms with Gasteiger partial charge in [0, 0.05) is 18.3 Å². The number of methoxy groups -OCH3 is 1. The van der Waals surface area contributed by atoms with Gasteiger partial charge in [-0.05, 0) is 65.2 Å². The van der Waals surface area contributed by atoms with Gasteiger partial charge in [0.25, 0.3) is 0 Å². The maximum Gasteiger partial charge on any atom is 0.337 e. The minimum atomic E-state index is -0.422. The number of anilines is 1. The molecule has 6 heteroatoms. The van der Waals surface area contributed by atoms with Gasteiger partial charge in [-0.3, -0.25) is 5.41 Å². The number of rotatable bonds is 7. The number of ether oxygens (including phenoxy) is 2. The molecular formula is C23H23N3O3. The van der Waals surface area contributed by atoms with E-state index in [2.05, 4.69) is 5.32 Å². The summed E-state index contributed by atoms with van der Waals surface area (Å²) in [5.74, 6) is 0.298. The zero-order valence-electron chi connectivity index (χ0n) is 16.4. The molecule has 3 aromatic rings. The molecule has 0 heterocycles. The number of esters is 1. The summed E-state index contributed by atoms with van der Waals surface area (Å²) >= 11 is 0. The number of carbonyl (C=O) groups is 1. The molecule has 0 saturated carbocycles. The van der Waals surface area contributed by atoms with Gasteiger partial charge in [-0.15, -0.1) is 0 Å². The van der Waals surface area contributed by atoms with E-state index < -0.39 is 5.97 Å². The van der Waals surface area contributed by atoms with Crippen molar-refractivity contribution in [1.82, 2.24) is 0 Å². The molecule has 0 fully saturated rings. The third-order valence-corrected chi connectivity index (χ3v) is 4.47. The Morgan fingerprint density at radius 1 is 1.00 bits per heavy atom. The lowest BCUT2D eigenvalue weighted by Crippen LogP contribution is -2.10. The van der Waals surface area contributed by atoms with Crippen LogP contribution in [0, 0.1) is 5.41 Å². The standard InChI is InChI=1S/C23H23N3O3/c1-26-20-6-8-21(9-7-20)29-14-15-10-18(13-19(11-15)23(27)28-2)16-4-3-5-17(12-16)22(24)25/h3-13,26H,14H2,1-2H3,(H3,24,25). The Hall–Kier alpha value is -3.80. The second kappa shape index (κ2) is 8.93. The second-order valence-corrected chi connectivity index (χ2v) is 6.47. The fourth-order valence-electron chi connectivity index (χ4n) is 2.93. The summed E-state index contributed by atoms with van der Waals surface area (Å²) < 4.78 is 10.8. The van der Waals surface area contributed by atoms with Crippen molar-refractivity contribution in [3.63, 3.8) is 0 Å². The Labute approximate surface area is 169 Å². The highest BCUT2D eigenvalue weighted by Gasteiger charge is 2.11.